The summed E-state index contributed by atoms with van der Waals surface area (Å²) >= 11 is 11.1. The lowest BCUT2D eigenvalue weighted by molar-refractivity contribution is 0.200. The quantitative estimate of drug-likeness (QED) is 0.0621. The van der Waals surface area contributed by atoms with Crippen LogP contribution >= 0.6 is 54.5 Å². The highest BCUT2D eigenvalue weighted by molar-refractivity contribution is 9.11. The number of methoxy groups -OCH3 is 2. The fourth-order valence-electron chi connectivity index (χ4n) is 7.26. The molecule has 2 heterocycles. The maximum atomic E-state index is 6.86. The lowest BCUT2D eigenvalue weighted by atomic mass is 10.0. The van der Waals surface area contributed by atoms with E-state index in [1.807, 2.05) is 0 Å². The second-order valence-electron chi connectivity index (χ2n) is 15.9. The molecular formula is C48H76Br2O6S2. The van der Waals surface area contributed by atoms with Gasteiger partial charge in [0.15, 0.2) is 23.0 Å². The van der Waals surface area contributed by atoms with Gasteiger partial charge >= 0.3 is 0 Å². The Bertz CT molecular complexity index is 1470. The van der Waals surface area contributed by atoms with E-state index in [0.717, 1.165) is 114 Å². The summed E-state index contributed by atoms with van der Waals surface area (Å²) in [4.78, 5) is 1.92. The third kappa shape index (κ3) is 14.8. The third-order valence-electron chi connectivity index (χ3n) is 11.6. The molecule has 0 bridgehead atoms. The Balaban J connectivity index is 2.18. The zero-order chi connectivity index (χ0) is 42.5. The van der Waals surface area contributed by atoms with E-state index in [4.69, 9.17) is 28.4 Å². The number of ether oxygens (including phenoxy) is 6. The van der Waals surface area contributed by atoms with Crippen LogP contribution in [0, 0.1) is 23.7 Å². The number of rotatable bonds is 32. The molecule has 0 spiro atoms. The van der Waals surface area contributed by atoms with Crippen molar-refractivity contribution in [1.29, 1.82) is 0 Å². The van der Waals surface area contributed by atoms with Crippen LogP contribution in [0.25, 0.3) is 20.9 Å². The van der Waals surface area contributed by atoms with Crippen molar-refractivity contribution in [2.24, 2.45) is 23.7 Å². The van der Waals surface area contributed by atoms with Gasteiger partial charge < -0.3 is 28.4 Å². The summed E-state index contributed by atoms with van der Waals surface area (Å²) in [5.74, 6) is 6.47. The topological polar surface area (TPSA) is 55.4 Å². The normalized spacial score (nSPS) is 13.6. The molecule has 0 aliphatic heterocycles. The molecule has 0 radical (unpaired) electrons. The molecule has 2 aromatic heterocycles. The van der Waals surface area contributed by atoms with Crippen molar-refractivity contribution >= 4 is 54.5 Å². The van der Waals surface area contributed by atoms with Gasteiger partial charge in [0.25, 0.3) is 0 Å². The molecule has 0 amide bonds. The molecule has 6 nitrogen and oxygen atoms in total. The summed E-state index contributed by atoms with van der Waals surface area (Å²) in [6.45, 7) is 20.6. The highest BCUT2D eigenvalue weighted by Crippen LogP contribution is 2.57. The molecule has 4 unspecified atom stereocenters. The molecule has 10 heteroatoms. The minimum Gasteiger partial charge on any atom is -0.496 e. The van der Waals surface area contributed by atoms with Gasteiger partial charge in [-0.25, -0.2) is 0 Å². The second-order valence-corrected chi connectivity index (χ2v) is 20.6. The molecular weight excluding hydrogens is 896 g/mol. The minimum atomic E-state index is 0.465. The zero-order valence-corrected chi connectivity index (χ0v) is 42.4. The molecule has 0 aliphatic carbocycles. The van der Waals surface area contributed by atoms with E-state index in [1.54, 1.807) is 36.9 Å². The van der Waals surface area contributed by atoms with Gasteiger partial charge in [-0.1, -0.05) is 132 Å². The van der Waals surface area contributed by atoms with Crippen LogP contribution in [0.4, 0.5) is 0 Å². The number of thiophene rings is 2. The Hall–Kier alpha value is -1.62. The van der Waals surface area contributed by atoms with Crippen LogP contribution in [0.3, 0.4) is 0 Å². The molecule has 0 N–H and O–H groups in total. The van der Waals surface area contributed by atoms with Gasteiger partial charge in [0.1, 0.15) is 19.1 Å². The zero-order valence-electron chi connectivity index (χ0n) is 37.6. The van der Waals surface area contributed by atoms with Crippen molar-refractivity contribution in [2.45, 2.75) is 158 Å². The van der Waals surface area contributed by atoms with Crippen LogP contribution < -0.4 is 28.4 Å². The molecule has 3 aromatic rings. The maximum Gasteiger partial charge on any atom is 0.187 e. The van der Waals surface area contributed by atoms with Gasteiger partial charge in [0, 0.05) is 11.1 Å². The van der Waals surface area contributed by atoms with Crippen molar-refractivity contribution in [3.63, 3.8) is 0 Å². The van der Waals surface area contributed by atoms with Crippen LogP contribution in [-0.2, 0) is 0 Å². The fraction of sp³-hybridized carbons (Fsp3) is 0.708. The van der Waals surface area contributed by atoms with E-state index in [-0.39, 0.29) is 0 Å². The number of halogens is 2. The molecule has 330 valence electrons. The molecule has 0 saturated carbocycles. The molecule has 4 atom stereocenters. The van der Waals surface area contributed by atoms with Crippen molar-refractivity contribution < 1.29 is 28.4 Å². The van der Waals surface area contributed by atoms with Crippen LogP contribution in [0.2, 0.25) is 0 Å². The molecule has 58 heavy (non-hydrogen) atoms. The summed E-state index contributed by atoms with van der Waals surface area (Å²) in [5.41, 5.74) is 1.81. The average Bonchev–Trinajstić information content (AvgIpc) is 3.73. The minimum absolute atomic E-state index is 0.465. The Morgan fingerprint density at radius 3 is 0.966 bits per heavy atom. The smallest absolute Gasteiger partial charge is 0.187 e. The molecule has 3 rings (SSSR count). The summed E-state index contributed by atoms with van der Waals surface area (Å²) in [5, 5.41) is 0. The predicted octanol–water partition coefficient (Wildman–Crippen LogP) is 17.1. The van der Waals surface area contributed by atoms with Crippen LogP contribution in [0.15, 0.2) is 19.7 Å². The van der Waals surface area contributed by atoms with Crippen molar-refractivity contribution in [2.75, 3.05) is 40.6 Å². The third-order valence-corrected chi connectivity index (χ3v) is 15.2. The number of unbranched alkanes of at least 4 members (excludes halogenated alkanes) is 4. The van der Waals surface area contributed by atoms with E-state index in [9.17, 15) is 0 Å². The standard InChI is InChI=1S/C48H76Br2O6S2/c1-11-19-23-33(15-5)29-53-41-43(55-31-35(17-7)25-21-13-3)47(49)57-45(41)37-27-40(52-10)38(28-39(37)51-9)46-42(54-30-34(16-6)24-20-12-2)44(48(50)58-46)56-32-36(18-8)26-22-14-4/h27-28,33-36H,11-26,29-32H2,1-10H3. The van der Waals surface area contributed by atoms with Crippen LogP contribution in [-0.4, -0.2) is 40.6 Å². The highest BCUT2D eigenvalue weighted by Gasteiger charge is 2.30. The number of hydrogen-bond donors (Lipinski definition) is 0. The van der Waals surface area contributed by atoms with Crippen molar-refractivity contribution in [3.8, 4) is 55.4 Å². The fourth-order valence-corrected chi connectivity index (χ4v) is 10.7. The second kappa shape index (κ2) is 28.1. The van der Waals surface area contributed by atoms with Gasteiger partial charge in [0.05, 0.1) is 50.4 Å². The summed E-state index contributed by atoms with van der Waals surface area (Å²) in [7, 11) is 3.48. The van der Waals surface area contributed by atoms with Gasteiger partial charge in [-0.15, -0.1) is 22.7 Å². The van der Waals surface area contributed by atoms with Gasteiger partial charge in [-0.3, -0.25) is 0 Å². The van der Waals surface area contributed by atoms with E-state index in [0.29, 0.717) is 50.1 Å². The first-order valence-electron chi connectivity index (χ1n) is 22.6. The van der Waals surface area contributed by atoms with Gasteiger partial charge in [-0.05, 0) is 93.3 Å². The monoisotopic (exact) mass is 970 g/mol. The Labute approximate surface area is 378 Å². The largest absolute Gasteiger partial charge is 0.496 e. The number of hydrogen-bond acceptors (Lipinski definition) is 8. The summed E-state index contributed by atoms with van der Waals surface area (Å²) < 4.78 is 41.5. The van der Waals surface area contributed by atoms with E-state index in [2.05, 4.69) is 99.4 Å². The van der Waals surface area contributed by atoms with E-state index in [1.165, 1.54) is 51.4 Å². The number of benzene rings is 1. The Morgan fingerprint density at radius 1 is 0.448 bits per heavy atom. The first kappa shape index (κ1) is 50.7. The molecule has 0 saturated heterocycles. The highest BCUT2D eigenvalue weighted by atomic mass is 79.9. The lowest BCUT2D eigenvalue weighted by Crippen LogP contribution is -2.14. The first-order valence-corrected chi connectivity index (χ1v) is 25.8. The van der Waals surface area contributed by atoms with Gasteiger partial charge in [0.2, 0.25) is 0 Å². The SMILES string of the molecule is CCCCC(CC)COc1c(Br)sc(-c2cc(OC)c(-c3sc(Br)c(OCC(CC)CCCC)c3OCC(CC)CCCC)cc2OC)c1OCC(CC)CCCC. The predicted molar refractivity (Wildman–Crippen MR) is 257 cm³/mol. The maximum absolute atomic E-state index is 6.86. The van der Waals surface area contributed by atoms with Crippen molar-refractivity contribution in [3.05, 3.63) is 19.7 Å². The van der Waals surface area contributed by atoms with Gasteiger partial charge in [-0.2, -0.15) is 0 Å². The van der Waals surface area contributed by atoms with E-state index < -0.39 is 0 Å². The first-order chi connectivity index (χ1) is 28.2. The van der Waals surface area contributed by atoms with Crippen LogP contribution in [0.5, 0.6) is 34.5 Å². The van der Waals surface area contributed by atoms with Crippen LogP contribution in [0.1, 0.15) is 158 Å². The lowest BCUT2D eigenvalue weighted by Gasteiger charge is -2.21. The molecule has 0 fully saturated rings. The average molecular weight is 973 g/mol. The van der Waals surface area contributed by atoms with E-state index >= 15 is 0 Å². The summed E-state index contributed by atoms with van der Waals surface area (Å²) in [6.07, 6.45) is 18.4. The summed E-state index contributed by atoms with van der Waals surface area (Å²) in [6, 6.07) is 4.19. The Morgan fingerprint density at radius 2 is 0.724 bits per heavy atom. The van der Waals surface area contributed by atoms with Crippen molar-refractivity contribution in [1.82, 2.24) is 0 Å². The molecule has 1 aromatic carbocycles. The molecule has 0 aliphatic rings. The Kier molecular flexibility index (Phi) is 24.6.